The van der Waals surface area contributed by atoms with E-state index in [1.54, 1.807) is 32.0 Å². The summed E-state index contributed by atoms with van der Waals surface area (Å²) in [6.45, 7) is 6.97. The number of imide groups is 1. The van der Waals surface area contributed by atoms with Gasteiger partial charge in [0.25, 0.3) is 0 Å². The second-order valence-corrected chi connectivity index (χ2v) is 10.6. The lowest BCUT2D eigenvalue weighted by atomic mass is 10.2. The van der Waals surface area contributed by atoms with Gasteiger partial charge >= 0.3 is 6.03 Å². The SMILES string of the molecule is CCN(CC)S(=O)(=O)c1ccc2c(c1)nc(SCC(=O)NC(=O)NC1CCCC1)n2CC. The lowest BCUT2D eigenvalue weighted by Crippen LogP contribution is -2.44. The summed E-state index contributed by atoms with van der Waals surface area (Å²) in [5.41, 5.74) is 1.36. The van der Waals surface area contributed by atoms with E-state index in [1.165, 1.54) is 16.1 Å². The number of carbonyl (C=O) groups is 2. The topological polar surface area (TPSA) is 113 Å². The van der Waals surface area contributed by atoms with Crippen LogP contribution in [0.2, 0.25) is 0 Å². The molecule has 0 saturated heterocycles. The maximum atomic E-state index is 12.8. The fourth-order valence-electron chi connectivity index (χ4n) is 3.96. The number of hydrogen-bond acceptors (Lipinski definition) is 6. The van der Waals surface area contributed by atoms with E-state index in [9.17, 15) is 18.0 Å². The molecule has 3 amide bonds. The number of nitrogens with one attached hydrogen (secondary N) is 2. The molecule has 0 unspecified atom stereocenters. The first-order chi connectivity index (χ1) is 15.3. The minimum absolute atomic E-state index is 0.0337. The van der Waals surface area contributed by atoms with E-state index in [4.69, 9.17) is 0 Å². The molecule has 0 aliphatic heterocycles. The maximum absolute atomic E-state index is 12.8. The molecular formula is C21H31N5O4S2. The quantitative estimate of drug-likeness (QED) is 0.533. The van der Waals surface area contributed by atoms with Gasteiger partial charge in [-0.15, -0.1) is 0 Å². The highest BCUT2D eigenvalue weighted by Crippen LogP contribution is 2.27. The second-order valence-electron chi connectivity index (χ2n) is 7.67. The number of fused-ring (bicyclic) bond motifs is 1. The van der Waals surface area contributed by atoms with Gasteiger partial charge in [0.15, 0.2) is 5.16 Å². The van der Waals surface area contributed by atoms with Crippen LogP contribution < -0.4 is 10.6 Å². The van der Waals surface area contributed by atoms with Crippen molar-refractivity contribution in [1.29, 1.82) is 0 Å². The summed E-state index contributed by atoms with van der Waals surface area (Å²) >= 11 is 1.22. The molecule has 1 aromatic heterocycles. The van der Waals surface area contributed by atoms with Crippen molar-refractivity contribution in [3.8, 4) is 0 Å². The Morgan fingerprint density at radius 2 is 1.88 bits per heavy atom. The summed E-state index contributed by atoms with van der Waals surface area (Å²) in [5, 5.41) is 5.80. The molecule has 0 bridgehead atoms. The van der Waals surface area contributed by atoms with Crippen LogP contribution in [-0.4, -0.2) is 59.1 Å². The molecule has 0 radical (unpaired) electrons. The molecule has 176 valence electrons. The minimum Gasteiger partial charge on any atom is -0.335 e. The van der Waals surface area contributed by atoms with Crippen molar-refractivity contribution in [2.45, 2.75) is 69.1 Å². The van der Waals surface area contributed by atoms with Gasteiger partial charge in [-0.2, -0.15) is 4.31 Å². The van der Waals surface area contributed by atoms with Crippen LogP contribution in [0, 0.1) is 0 Å². The molecule has 3 rings (SSSR count). The van der Waals surface area contributed by atoms with Gasteiger partial charge in [-0.3, -0.25) is 10.1 Å². The van der Waals surface area contributed by atoms with Crippen molar-refractivity contribution < 1.29 is 18.0 Å². The van der Waals surface area contributed by atoms with Gasteiger partial charge in [0.2, 0.25) is 15.9 Å². The molecule has 1 aliphatic rings. The van der Waals surface area contributed by atoms with E-state index in [2.05, 4.69) is 15.6 Å². The van der Waals surface area contributed by atoms with E-state index >= 15 is 0 Å². The Labute approximate surface area is 193 Å². The predicted octanol–water partition coefficient (Wildman–Crippen LogP) is 2.95. The van der Waals surface area contributed by atoms with E-state index in [0.29, 0.717) is 30.3 Å². The van der Waals surface area contributed by atoms with Crippen LogP contribution in [0.15, 0.2) is 28.3 Å². The van der Waals surface area contributed by atoms with Crippen molar-refractivity contribution in [3.05, 3.63) is 18.2 Å². The van der Waals surface area contributed by atoms with Crippen molar-refractivity contribution in [2.75, 3.05) is 18.8 Å². The van der Waals surface area contributed by atoms with Gasteiger partial charge in [0.05, 0.1) is 21.7 Å². The number of nitrogens with zero attached hydrogens (tertiary/aromatic N) is 3. The van der Waals surface area contributed by atoms with Crippen LogP contribution in [0.3, 0.4) is 0 Å². The summed E-state index contributed by atoms with van der Waals surface area (Å²) in [5.74, 6) is -0.364. The van der Waals surface area contributed by atoms with E-state index < -0.39 is 22.0 Å². The van der Waals surface area contributed by atoms with E-state index in [-0.39, 0.29) is 16.7 Å². The zero-order valence-corrected chi connectivity index (χ0v) is 20.4. The standard InChI is InChI=1S/C21H31N5O4S2/c1-4-25(5-2)32(29,30)16-11-12-18-17(13-16)23-21(26(18)6-3)31-14-19(27)24-20(28)22-15-9-7-8-10-15/h11-13,15H,4-10,14H2,1-3H3,(H2,22,24,27,28). The summed E-state index contributed by atoms with van der Waals surface area (Å²) < 4.78 is 29.0. The average molecular weight is 482 g/mol. The Morgan fingerprint density at radius 3 is 2.50 bits per heavy atom. The van der Waals surface area contributed by atoms with Gasteiger partial charge in [-0.1, -0.05) is 38.5 Å². The number of thioether (sulfide) groups is 1. The van der Waals surface area contributed by atoms with Crippen molar-refractivity contribution in [2.24, 2.45) is 0 Å². The van der Waals surface area contributed by atoms with Crippen LogP contribution in [0.25, 0.3) is 11.0 Å². The highest BCUT2D eigenvalue weighted by Gasteiger charge is 2.23. The zero-order valence-electron chi connectivity index (χ0n) is 18.8. The molecule has 32 heavy (non-hydrogen) atoms. The first-order valence-electron chi connectivity index (χ1n) is 11.0. The highest BCUT2D eigenvalue weighted by atomic mass is 32.2. The fraction of sp³-hybridized carbons (Fsp3) is 0.571. The third-order valence-corrected chi connectivity index (χ3v) is 8.64. The predicted molar refractivity (Wildman–Crippen MR) is 125 cm³/mol. The van der Waals surface area contributed by atoms with Gasteiger partial charge < -0.3 is 9.88 Å². The fourth-order valence-corrected chi connectivity index (χ4v) is 6.32. The lowest BCUT2D eigenvalue weighted by molar-refractivity contribution is -0.117. The number of imidazole rings is 1. The molecule has 2 aromatic rings. The number of sulfonamides is 1. The molecule has 1 saturated carbocycles. The number of amides is 3. The third-order valence-electron chi connectivity index (χ3n) is 5.62. The van der Waals surface area contributed by atoms with E-state index in [0.717, 1.165) is 31.2 Å². The Morgan fingerprint density at radius 1 is 1.19 bits per heavy atom. The molecule has 0 spiro atoms. The Kier molecular flexibility index (Phi) is 8.18. The number of hydrogen-bond donors (Lipinski definition) is 2. The summed E-state index contributed by atoms with van der Waals surface area (Å²) in [4.78, 5) is 29.0. The summed E-state index contributed by atoms with van der Waals surface area (Å²) in [7, 11) is -3.58. The molecule has 1 aliphatic carbocycles. The van der Waals surface area contributed by atoms with Gasteiger partial charge in [-0.25, -0.2) is 18.2 Å². The molecule has 1 fully saturated rings. The minimum atomic E-state index is -3.58. The first kappa shape index (κ1) is 24.5. The van der Waals surface area contributed by atoms with Crippen molar-refractivity contribution in [1.82, 2.24) is 24.5 Å². The monoisotopic (exact) mass is 481 g/mol. The second kappa shape index (κ2) is 10.7. The third kappa shape index (κ3) is 5.44. The number of carbonyl (C=O) groups excluding carboxylic acids is 2. The van der Waals surface area contributed by atoms with Crippen molar-refractivity contribution in [3.63, 3.8) is 0 Å². The number of aromatic nitrogens is 2. The van der Waals surface area contributed by atoms with E-state index in [1.807, 2.05) is 11.5 Å². The van der Waals surface area contributed by atoms with Gasteiger partial charge in [0.1, 0.15) is 0 Å². The number of rotatable bonds is 9. The van der Waals surface area contributed by atoms with Crippen LogP contribution >= 0.6 is 11.8 Å². The normalized spacial score (nSPS) is 14.9. The Hall–Kier alpha value is -2.11. The molecule has 9 nitrogen and oxygen atoms in total. The molecule has 2 N–H and O–H groups in total. The number of aryl methyl sites for hydroxylation is 1. The maximum Gasteiger partial charge on any atom is 0.321 e. The molecular weight excluding hydrogens is 450 g/mol. The molecule has 0 atom stereocenters. The van der Waals surface area contributed by atoms with Crippen LogP contribution in [-0.2, 0) is 21.4 Å². The first-order valence-corrected chi connectivity index (χ1v) is 13.5. The molecule has 11 heteroatoms. The largest absolute Gasteiger partial charge is 0.335 e. The lowest BCUT2D eigenvalue weighted by Gasteiger charge is -2.18. The van der Waals surface area contributed by atoms with Crippen molar-refractivity contribution >= 4 is 44.8 Å². The number of urea groups is 1. The average Bonchev–Trinajstić information content (AvgIpc) is 3.39. The highest BCUT2D eigenvalue weighted by molar-refractivity contribution is 7.99. The Balaban J connectivity index is 1.71. The van der Waals surface area contributed by atoms with Gasteiger partial charge in [-0.05, 0) is 38.0 Å². The summed E-state index contributed by atoms with van der Waals surface area (Å²) in [6, 6.07) is 4.60. The molecule has 1 heterocycles. The van der Waals surface area contributed by atoms with Gasteiger partial charge in [0, 0.05) is 25.7 Å². The molecule has 1 aromatic carbocycles. The van der Waals surface area contributed by atoms with Crippen LogP contribution in [0.1, 0.15) is 46.5 Å². The smallest absolute Gasteiger partial charge is 0.321 e. The summed E-state index contributed by atoms with van der Waals surface area (Å²) in [6.07, 6.45) is 4.09. The number of benzene rings is 1. The Bertz CT molecular complexity index is 1070. The van der Waals surface area contributed by atoms with Crippen LogP contribution in [0.4, 0.5) is 4.79 Å². The zero-order chi connectivity index (χ0) is 23.3. The van der Waals surface area contributed by atoms with Crippen LogP contribution in [0.5, 0.6) is 0 Å².